The molecule has 0 aromatic heterocycles. The Morgan fingerprint density at radius 1 is 0.720 bits per heavy atom. The van der Waals surface area contributed by atoms with Crippen LogP contribution in [0, 0.1) is 5.92 Å². The van der Waals surface area contributed by atoms with Gasteiger partial charge in [-0.15, -0.1) is 0 Å². The van der Waals surface area contributed by atoms with Crippen LogP contribution in [0.3, 0.4) is 0 Å². The zero-order valence-corrected chi connectivity index (χ0v) is 27.4. The summed E-state index contributed by atoms with van der Waals surface area (Å²) in [5.41, 5.74) is 2.89. The highest BCUT2D eigenvalue weighted by molar-refractivity contribution is 6.02. The smallest absolute Gasteiger partial charge is 0.346 e. The quantitative estimate of drug-likeness (QED) is 0.0968. The number of ketones is 1. The Kier molecular flexibility index (Phi) is 10.2. The van der Waals surface area contributed by atoms with Crippen LogP contribution in [-0.2, 0) is 16.4 Å². The summed E-state index contributed by atoms with van der Waals surface area (Å²) >= 11 is 0. The van der Waals surface area contributed by atoms with Gasteiger partial charge in [-0.25, -0.2) is 0 Å². The Morgan fingerprint density at radius 3 is 1.86 bits per heavy atom. The monoisotopic (exact) mass is 692 g/mol. The van der Waals surface area contributed by atoms with Crippen molar-refractivity contribution in [2.24, 2.45) is 5.92 Å². The van der Waals surface area contributed by atoms with Crippen molar-refractivity contribution in [2.75, 3.05) is 26.2 Å². The van der Waals surface area contributed by atoms with Gasteiger partial charge in [0, 0.05) is 12.0 Å². The summed E-state index contributed by atoms with van der Waals surface area (Å²) in [7, 11) is 0. The van der Waals surface area contributed by atoms with E-state index in [9.17, 15) is 35.9 Å². The van der Waals surface area contributed by atoms with Crippen LogP contribution in [0.2, 0.25) is 0 Å². The molecule has 1 aliphatic carbocycles. The molecule has 2 aliphatic rings. The van der Waals surface area contributed by atoms with Crippen LogP contribution in [0.25, 0.3) is 22.3 Å². The highest BCUT2D eigenvalue weighted by atomic mass is 19.4. The number of Topliss-reactive ketones (excluding diaryl/α,β-unsaturated/α-hetero) is 1. The Labute approximate surface area is 287 Å². The van der Waals surface area contributed by atoms with E-state index in [-0.39, 0.29) is 11.7 Å². The highest BCUT2D eigenvalue weighted by Crippen LogP contribution is 2.51. The first-order valence-corrected chi connectivity index (χ1v) is 16.9. The third-order valence-corrected chi connectivity index (χ3v) is 10.1. The maximum absolute atomic E-state index is 13.7. The zero-order valence-electron chi connectivity index (χ0n) is 27.4. The van der Waals surface area contributed by atoms with Crippen molar-refractivity contribution in [1.29, 1.82) is 0 Å². The third kappa shape index (κ3) is 7.50. The molecule has 50 heavy (non-hydrogen) atoms. The summed E-state index contributed by atoms with van der Waals surface area (Å²) in [5, 5.41) is 2.19. The van der Waals surface area contributed by atoms with E-state index in [2.05, 4.69) is 10.2 Å². The maximum Gasteiger partial charge on any atom is 0.416 e. The van der Waals surface area contributed by atoms with Crippen LogP contribution < -0.4 is 5.32 Å². The zero-order chi connectivity index (χ0) is 35.5. The van der Waals surface area contributed by atoms with Crippen LogP contribution in [0.1, 0.15) is 65.6 Å². The minimum absolute atomic E-state index is 0.0369. The van der Waals surface area contributed by atoms with Crippen LogP contribution in [0.4, 0.5) is 26.3 Å². The van der Waals surface area contributed by atoms with Gasteiger partial charge in [-0.1, -0.05) is 91.3 Å². The van der Waals surface area contributed by atoms with Crippen molar-refractivity contribution in [3.05, 3.63) is 119 Å². The number of carbonyl (C=O) groups excluding carboxylic acids is 2. The van der Waals surface area contributed by atoms with Gasteiger partial charge in [-0.05, 0) is 96.7 Å². The van der Waals surface area contributed by atoms with Crippen LogP contribution >= 0.6 is 0 Å². The van der Waals surface area contributed by atoms with Crippen molar-refractivity contribution < 1.29 is 35.9 Å². The highest BCUT2D eigenvalue weighted by Gasteiger charge is 2.49. The molecule has 10 heteroatoms. The SMILES string of the molecule is O=C(CC1CCN(CCCCC2(C(=O)NCC(F)(F)F)c3ccccc3-c3ccccc32)CC1)c1ccccc1-c1ccc(C(F)(F)F)cc1. The van der Waals surface area contributed by atoms with E-state index < -0.39 is 35.8 Å². The molecule has 0 bridgehead atoms. The summed E-state index contributed by atoms with van der Waals surface area (Å²) < 4.78 is 78.7. The van der Waals surface area contributed by atoms with E-state index in [0.29, 0.717) is 36.0 Å². The lowest BCUT2D eigenvalue weighted by Gasteiger charge is -2.33. The molecule has 1 fully saturated rings. The number of hydrogen-bond donors (Lipinski definition) is 1. The van der Waals surface area contributed by atoms with Gasteiger partial charge < -0.3 is 10.2 Å². The summed E-state index contributed by atoms with van der Waals surface area (Å²) in [4.78, 5) is 29.5. The van der Waals surface area contributed by atoms with Gasteiger partial charge in [0.2, 0.25) is 5.91 Å². The predicted octanol–water partition coefficient (Wildman–Crippen LogP) is 9.47. The summed E-state index contributed by atoms with van der Waals surface area (Å²) in [5.74, 6) is -0.505. The second kappa shape index (κ2) is 14.4. The fourth-order valence-electron chi connectivity index (χ4n) is 7.61. The number of halogens is 6. The van der Waals surface area contributed by atoms with Gasteiger partial charge in [-0.2, -0.15) is 26.3 Å². The third-order valence-electron chi connectivity index (χ3n) is 10.1. The number of fused-ring (bicyclic) bond motifs is 3. The van der Waals surface area contributed by atoms with Gasteiger partial charge in [0.25, 0.3) is 0 Å². The lowest BCUT2D eigenvalue weighted by Crippen LogP contribution is -2.47. The molecule has 0 spiro atoms. The Hall–Kier alpha value is -4.44. The number of nitrogens with one attached hydrogen (secondary N) is 1. The molecule has 4 nitrogen and oxygen atoms in total. The van der Waals surface area contributed by atoms with Crippen LogP contribution in [0.15, 0.2) is 97.1 Å². The van der Waals surface area contributed by atoms with Crippen molar-refractivity contribution in [3.63, 3.8) is 0 Å². The minimum Gasteiger partial charge on any atom is -0.346 e. The molecule has 6 rings (SSSR count). The number of likely N-dealkylation sites (tertiary alicyclic amines) is 1. The molecule has 1 amide bonds. The second-order valence-electron chi connectivity index (χ2n) is 13.3. The van der Waals surface area contributed by atoms with Gasteiger partial charge in [-0.3, -0.25) is 9.59 Å². The fourth-order valence-corrected chi connectivity index (χ4v) is 7.61. The molecule has 1 saturated heterocycles. The molecule has 0 unspecified atom stereocenters. The van der Waals surface area contributed by atoms with Gasteiger partial charge in [0.15, 0.2) is 5.78 Å². The number of unbranched alkanes of at least 4 members (excludes halogenated alkanes) is 1. The van der Waals surface area contributed by atoms with Crippen molar-refractivity contribution >= 4 is 11.7 Å². The second-order valence-corrected chi connectivity index (χ2v) is 13.3. The number of rotatable bonds is 11. The molecule has 4 aromatic carbocycles. The molecular formula is C40H38F6N2O2. The number of amides is 1. The van der Waals surface area contributed by atoms with E-state index in [1.54, 1.807) is 24.3 Å². The summed E-state index contributed by atoms with van der Waals surface area (Å²) in [6, 6.07) is 26.7. The average molecular weight is 693 g/mol. The summed E-state index contributed by atoms with van der Waals surface area (Å²) in [6.45, 7) is 0.958. The maximum atomic E-state index is 13.7. The molecule has 0 saturated carbocycles. The number of nitrogens with zero attached hydrogens (tertiary/aromatic N) is 1. The molecular weight excluding hydrogens is 654 g/mol. The first-order chi connectivity index (χ1) is 23.9. The molecule has 1 heterocycles. The molecule has 4 aromatic rings. The Morgan fingerprint density at radius 2 is 1.28 bits per heavy atom. The lowest BCUT2D eigenvalue weighted by atomic mass is 9.73. The Balaban J connectivity index is 1.05. The molecule has 262 valence electrons. The number of hydrogen-bond acceptors (Lipinski definition) is 3. The van der Waals surface area contributed by atoms with E-state index in [1.165, 1.54) is 12.1 Å². The van der Waals surface area contributed by atoms with Gasteiger partial charge in [0.05, 0.1) is 5.56 Å². The standard InChI is InChI=1S/C40H38F6N2O2/c41-39(42,43)26-47-37(50)38(34-13-5-3-10-31(34)32-11-4-6-14-35(32)38)21-7-8-22-48-23-19-27(20-24-48)25-36(49)33-12-2-1-9-30(33)28-15-17-29(18-16-28)40(44,45)46/h1-6,9-18,27H,7-8,19-26H2,(H,47,50). The normalized spacial score (nSPS) is 16.1. The summed E-state index contributed by atoms with van der Waals surface area (Å²) in [6.07, 6.45) is -5.23. The minimum atomic E-state index is -4.53. The number of benzene rings is 4. The van der Waals surface area contributed by atoms with Crippen LogP contribution in [-0.4, -0.2) is 48.9 Å². The van der Waals surface area contributed by atoms with Gasteiger partial charge >= 0.3 is 12.4 Å². The van der Waals surface area contributed by atoms with Crippen molar-refractivity contribution in [1.82, 2.24) is 10.2 Å². The fraction of sp³-hybridized carbons (Fsp3) is 0.350. The first-order valence-electron chi connectivity index (χ1n) is 16.9. The predicted molar refractivity (Wildman–Crippen MR) is 181 cm³/mol. The van der Waals surface area contributed by atoms with E-state index in [0.717, 1.165) is 73.3 Å². The number of alkyl halides is 6. The Bertz CT molecular complexity index is 1780. The van der Waals surface area contributed by atoms with Gasteiger partial charge in [0.1, 0.15) is 12.0 Å². The lowest BCUT2D eigenvalue weighted by molar-refractivity contribution is -0.141. The topological polar surface area (TPSA) is 49.4 Å². The largest absolute Gasteiger partial charge is 0.416 e. The van der Waals surface area contributed by atoms with Crippen LogP contribution in [0.5, 0.6) is 0 Å². The molecule has 1 N–H and O–H groups in total. The van der Waals surface area contributed by atoms with E-state index in [4.69, 9.17) is 0 Å². The molecule has 0 radical (unpaired) electrons. The molecule has 0 atom stereocenters. The van der Waals surface area contributed by atoms with E-state index >= 15 is 0 Å². The van der Waals surface area contributed by atoms with E-state index in [1.807, 2.05) is 48.5 Å². The van der Waals surface area contributed by atoms with Crippen molar-refractivity contribution in [3.8, 4) is 22.3 Å². The average Bonchev–Trinajstić information content (AvgIpc) is 3.39. The number of piperidine rings is 1. The molecule has 1 aliphatic heterocycles. The van der Waals surface area contributed by atoms with Crippen molar-refractivity contribution in [2.45, 2.75) is 56.3 Å². The number of carbonyl (C=O) groups is 2. The first kappa shape index (κ1) is 35.4.